The lowest BCUT2D eigenvalue weighted by Crippen LogP contribution is -2.41. The van der Waals surface area contributed by atoms with E-state index in [1.54, 1.807) is 0 Å². The molecule has 2 heterocycles. The zero-order chi connectivity index (χ0) is 18.5. The molecule has 5 heteroatoms. The van der Waals surface area contributed by atoms with Crippen LogP contribution in [0.25, 0.3) is 10.9 Å². The molecule has 3 nitrogen and oxygen atoms in total. The largest absolute Gasteiger partial charge is 0.494 e. The van der Waals surface area contributed by atoms with E-state index in [-0.39, 0.29) is 18.3 Å². The number of hydrogen-bond donors (Lipinski definition) is 0. The summed E-state index contributed by atoms with van der Waals surface area (Å²) < 4.78 is 15.6. The average molecular weight is 412 g/mol. The third-order valence-corrected chi connectivity index (χ3v) is 6.08. The molecule has 0 atom stereocenters. The van der Waals surface area contributed by atoms with Gasteiger partial charge in [0, 0.05) is 28.1 Å². The molecule has 0 N–H and O–H groups in total. The van der Waals surface area contributed by atoms with Gasteiger partial charge in [-0.1, -0.05) is 40.2 Å². The summed E-state index contributed by atoms with van der Waals surface area (Å²) in [4.78, 5) is 0. The maximum absolute atomic E-state index is 6.13. The van der Waals surface area contributed by atoms with E-state index in [4.69, 9.17) is 9.31 Å². The van der Waals surface area contributed by atoms with Crippen LogP contribution < -0.4 is 5.46 Å². The number of rotatable bonds is 3. The fourth-order valence-corrected chi connectivity index (χ4v) is 3.64. The molecule has 1 aliphatic rings. The van der Waals surface area contributed by atoms with Crippen molar-refractivity contribution in [3.63, 3.8) is 0 Å². The van der Waals surface area contributed by atoms with E-state index in [1.807, 2.05) is 0 Å². The number of fused-ring (bicyclic) bond motifs is 1. The third kappa shape index (κ3) is 3.13. The Labute approximate surface area is 163 Å². The monoisotopic (exact) mass is 411 g/mol. The van der Waals surface area contributed by atoms with Crippen molar-refractivity contribution >= 4 is 39.4 Å². The standard InChI is InChI=1S/C21H23BBrNO2/c1-20(2)21(3,4)26-22(25-20)17-7-5-15(6-8-17)14-24-12-11-16-13-18(23)9-10-19(16)24/h5-13H,14H2,1-4H3. The first-order chi connectivity index (χ1) is 12.2. The van der Waals surface area contributed by atoms with E-state index < -0.39 is 0 Å². The molecular formula is C21H23BBrNO2. The summed E-state index contributed by atoms with van der Waals surface area (Å²) in [6, 6.07) is 17.1. The van der Waals surface area contributed by atoms with Crippen molar-refractivity contribution < 1.29 is 9.31 Å². The average Bonchev–Trinajstić information content (AvgIpc) is 3.05. The van der Waals surface area contributed by atoms with Gasteiger partial charge in [-0.3, -0.25) is 0 Å². The summed E-state index contributed by atoms with van der Waals surface area (Å²) in [6.07, 6.45) is 2.14. The van der Waals surface area contributed by atoms with Crippen LogP contribution in [-0.4, -0.2) is 22.9 Å². The molecule has 1 saturated heterocycles. The van der Waals surface area contributed by atoms with Gasteiger partial charge in [-0.15, -0.1) is 0 Å². The molecule has 2 aromatic carbocycles. The summed E-state index contributed by atoms with van der Waals surface area (Å²) in [6.45, 7) is 9.16. The Morgan fingerprint density at radius 3 is 2.23 bits per heavy atom. The van der Waals surface area contributed by atoms with Crippen LogP contribution in [0.5, 0.6) is 0 Å². The Morgan fingerprint density at radius 1 is 0.923 bits per heavy atom. The van der Waals surface area contributed by atoms with E-state index >= 15 is 0 Å². The molecule has 0 radical (unpaired) electrons. The van der Waals surface area contributed by atoms with Gasteiger partial charge in [-0.05, 0) is 63.0 Å². The molecule has 1 aromatic heterocycles. The van der Waals surface area contributed by atoms with Crippen LogP contribution in [0.2, 0.25) is 0 Å². The van der Waals surface area contributed by atoms with Crippen molar-refractivity contribution in [1.29, 1.82) is 0 Å². The van der Waals surface area contributed by atoms with E-state index in [0.29, 0.717) is 0 Å². The summed E-state index contributed by atoms with van der Waals surface area (Å²) in [5.41, 5.74) is 2.94. The molecule has 0 amide bonds. The predicted octanol–water partition coefficient (Wildman–Crippen LogP) is 4.75. The first kappa shape index (κ1) is 17.8. The van der Waals surface area contributed by atoms with Crippen molar-refractivity contribution in [3.05, 3.63) is 64.8 Å². The van der Waals surface area contributed by atoms with Gasteiger partial charge in [0.2, 0.25) is 0 Å². The first-order valence-corrected chi connectivity index (χ1v) is 9.73. The maximum Gasteiger partial charge on any atom is 0.494 e. The molecule has 4 rings (SSSR count). The summed E-state index contributed by atoms with van der Waals surface area (Å²) in [7, 11) is -0.307. The second-order valence-electron chi connectivity index (χ2n) is 7.98. The fraction of sp³-hybridized carbons (Fsp3) is 0.333. The molecule has 26 heavy (non-hydrogen) atoms. The molecule has 0 aliphatic carbocycles. The van der Waals surface area contributed by atoms with Crippen molar-refractivity contribution in [3.8, 4) is 0 Å². The van der Waals surface area contributed by atoms with Gasteiger partial charge in [-0.25, -0.2) is 0 Å². The Kier molecular flexibility index (Phi) is 4.29. The maximum atomic E-state index is 6.13. The Balaban J connectivity index is 1.53. The molecule has 1 aliphatic heterocycles. The van der Waals surface area contributed by atoms with Crippen LogP contribution in [0.15, 0.2) is 59.2 Å². The van der Waals surface area contributed by atoms with E-state index in [9.17, 15) is 0 Å². The van der Waals surface area contributed by atoms with Crippen LogP contribution in [0.4, 0.5) is 0 Å². The lowest BCUT2D eigenvalue weighted by atomic mass is 9.79. The summed E-state index contributed by atoms with van der Waals surface area (Å²) in [5, 5.41) is 1.24. The quantitative estimate of drug-likeness (QED) is 0.580. The fourth-order valence-electron chi connectivity index (χ4n) is 3.26. The number of nitrogens with zero attached hydrogens (tertiary/aromatic N) is 1. The first-order valence-electron chi connectivity index (χ1n) is 8.94. The van der Waals surface area contributed by atoms with Crippen LogP contribution in [0.1, 0.15) is 33.3 Å². The molecule has 0 spiro atoms. The SMILES string of the molecule is CC1(C)OB(c2ccc(Cn3ccc4cc(Br)ccc43)cc2)OC1(C)C. The second-order valence-corrected chi connectivity index (χ2v) is 8.89. The van der Waals surface area contributed by atoms with Gasteiger partial charge in [0.05, 0.1) is 11.2 Å². The van der Waals surface area contributed by atoms with Crippen molar-refractivity contribution in [2.45, 2.75) is 45.4 Å². The highest BCUT2D eigenvalue weighted by molar-refractivity contribution is 9.10. The third-order valence-electron chi connectivity index (χ3n) is 5.59. The minimum absolute atomic E-state index is 0.307. The second kappa shape index (κ2) is 6.26. The van der Waals surface area contributed by atoms with Crippen LogP contribution in [0.3, 0.4) is 0 Å². The Morgan fingerprint density at radius 2 is 1.58 bits per heavy atom. The minimum Gasteiger partial charge on any atom is -0.399 e. The number of aromatic nitrogens is 1. The number of halogens is 1. The Hall–Kier alpha value is -1.56. The molecular weight excluding hydrogens is 389 g/mol. The lowest BCUT2D eigenvalue weighted by molar-refractivity contribution is 0.00578. The normalized spacial score (nSPS) is 18.6. The van der Waals surface area contributed by atoms with Crippen LogP contribution in [0, 0.1) is 0 Å². The predicted molar refractivity (Wildman–Crippen MR) is 111 cm³/mol. The highest BCUT2D eigenvalue weighted by atomic mass is 79.9. The van der Waals surface area contributed by atoms with E-state index in [1.165, 1.54) is 16.5 Å². The van der Waals surface area contributed by atoms with E-state index in [2.05, 4.69) is 103 Å². The van der Waals surface area contributed by atoms with Gasteiger partial charge in [-0.2, -0.15) is 0 Å². The lowest BCUT2D eigenvalue weighted by Gasteiger charge is -2.32. The van der Waals surface area contributed by atoms with Gasteiger partial charge in [0.15, 0.2) is 0 Å². The molecule has 3 aromatic rings. The van der Waals surface area contributed by atoms with Crippen molar-refractivity contribution in [2.24, 2.45) is 0 Å². The Bertz CT molecular complexity index is 930. The van der Waals surface area contributed by atoms with Gasteiger partial charge in [0.25, 0.3) is 0 Å². The number of benzene rings is 2. The molecule has 134 valence electrons. The molecule has 0 bridgehead atoms. The molecule has 0 unspecified atom stereocenters. The smallest absolute Gasteiger partial charge is 0.399 e. The van der Waals surface area contributed by atoms with Gasteiger partial charge < -0.3 is 13.9 Å². The highest BCUT2D eigenvalue weighted by Gasteiger charge is 2.51. The van der Waals surface area contributed by atoms with E-state index in [0.717, 1.165) is 16.5 Å². The topological polar surface area (TPSA) is 23.4 Å². The van der Waals surface area contributed by atoms with Crippen molar-refractivity contribution in [2.75, 3.05) is 0 Å². The summed E-state index contributed by atoms with van der Waals surface area (Å²) in [5.74, 6) is 0. The van der Waals surface area contributed by atoms with Crippen LogP contribution in [-0.2, 0) is 15.9 Å². The zero-order valence-corrected chi connectivity index (χ0v) is 17.2. The summed E-state index contributed by atoms with van der Waals surface area (Å²) >= 11 is 3.53. The minimum atomic E-state index is -0.311. The molecule has 0 saturated carbocycles. The van der Waals surface area contributed by atoms with Gasteiger partial charge in [0.1, 0.15) is 0 Å². The molecule has 1 fully saturated rings. The van der Waals surface area contributed by atoms with Crippen LogP contribution >= 0.6 is 15.9 Å². The number of hydrogen-bond acceptors (Lipinski definition) is 2. The highest BCUT2D eigenvalue weighted by Crippen LogP contribution is 2.36. The van der Waals surface area contributed by atoms with Crippen molar-refractivity contribution in [1.82, 2.24) is 4.57 Å². The van der Waals surface area contributed by atoms with Gasteiger partial charge >= 0.3 is 7.12 Å². The zero-order valence-electron chi connectivity index (χ0n) is 15.6.